The number of imide groups is 2. The minimum absolute atomic E-state index is 0.0265. The van der Waals surface area contributed by atoms with E-state index in [2.05, 4.69) is 5.32 Å². The lowest BCUT2D eigenvalue weighted by molar-refractivity contribution is -0.144. The van der Waals surface area contributed by atoms with Gasteiger partial charge in [0.25, 0.3) is 0 Å². The number of hydrogen-bond donors (Lipinski definition) is 1. The summed E-state index contributed by atoms with van der Waals surface area (Å²) < 4.78 is 0. The molecule has 1 heterocycles. The predicted octanol–water partition coefficient (Wildman–Crippen LogP) is 2.51. The number of carbonyl (C=O) groups is 4. The summed E-state index contributed by atoms with van der Waals surface area (Å²) in [6.07, 6.45) is 0. The number of benzene rings is 2. The zero-order valence-corrected chi connectivity index (χ0v) is 15.8. The minimum Gasteiger partial charge on any atom is -0.348 e. The normalized spacial score (nSPS) is 15.1. The molecule has 144 valence electrons. The van der Waals surface area contributed by atoms with Crippen LogP contribution in [0.5, 0.6) is 0 Å². The number of nitrogens with one attached hydrogen (secondary N) is 1. The highest BCUT2D eigenvalue weighted by atomic mass is 35.5. The molecule has 2 aromatic rings. The van der Waals surface area contributed by atoms with Crippen molar-refractivity contribution in [1.29, 1.82) is 0 Å². The zero-order valence-electron chi connectivity index (χ0n) is 15.1. The average molecular weight is 400 g/mol. The van der Waals surface area contributed by atoms with Crippen LogP contribution in [0.25, 0.3) is 0 Å². The van der Waals surface area contributed by atoms with E-state index in [1.54, 1.807) is 61.5 Å². The molecule has 0 aliphatic carbocycles. The van der Waals surface area contributed by atoms with Crippen molar-refractivity contribution in [2.45, 2.75) is 19.5 Å². The Hall–Kier alpha value is -3.19. The van der Waals surface area contributed by atoms with Gasteiger partial charge in [0.2, 0.25) is 5.91 Å². The smallest absolute Gasteiger partial charge is 0.335 e. The maximum absolute atomic E-state index is 12.5. The average Bonchev–Trinajstić information content (AvgIpc) is 2.87. The van der Waals surface area contributed by atoms with Crippen LogP contribution >= 0.6 is 11.6 Å². The lowest BCUT2D eigenvalue weighted by atomic mass is 10.1. The van der Waals surface area contributed by atoms with E-state index in [0.717, 1.165) is 10.5 Å². The third-order valence-corrected chi connectivity index (χ3v) is 4.58. The SMILES string of the molecule is C[C@@H](NC(=O)CN1C(=O)C(=O)N(Cc2ccccc2)C1=O)c1cccc(Cl)c1. The molecule has 1 aliphatic heterocycles. The van der Waals surface area contributed by atoms with Crippen LogP contribution in [0, 0.1) is 0 Å². The van der Waals surface area contributed by atoms with E-state index in [4.69, 9.17) is 11.6 Å². The van der Waals surface area contributed by atoms with Gasteiger partial charge in [0.05, 0.1) is 12.6 Å². The van der Waals surface area contributed by atoms with Gasteiger partial charge in [-0.1, -0.05) is 54.1 Å². The first-order chi connectivity index (χ1) is 13.4. The molecule has 1 saturated heterocycles. The maximum Gasteiger partial charge on any atom is 0.335 e. The molecule has 0 spiro atoms. The molecular weight excluding hydrogens is 382 g/mol. The van der Waals surface area contributed by atoms with Crippen molar-refractivity contribution in [3.63, 3.8) is 0 Å². The molecule has 8 heteroatoms. The number of halogens is 1. The molecule has 28 heavy (non-hydrogen) atoms. The van der Waals surface area contributed by atoms with Crippen molar-refractivity contribution in [2.24, 2.45) is 0 Å². The fraction of sp³-hybridized carbons (Fsp3) is 0.200. The summed E-state index contributed by atoms with van der Waals surface area (Å²) in [6.45, 7) is 1.20. The summed E-state index contributed by atoms with van der Waals surface area (Å²) in [7, 11) is 0. The van der Waals surface area contributed by atoms with E-state index in [1.807, 2.05) is 0 Å². The third kappa shape index (κ3) is 4.20. The molecule has 3 rings (SSSR count). The predicted molar refractivity (Wildman–Crippen MR) is 102 cm³/mol. The van der Waals surface area contributed by atoms with Crippen molar-refractivity contribution in [2.75, 3.05) is 6.54 Å². The number of rotatable bonds is 6. The van der Waals surface area contributed by atoms with Gasteiger partial charge in [0.15, 0.2) is 0 Å². The first-order valence-electron chi connectivity index (χ1n) is 8.63. The monoisotopic (exact) mass is 399 g/mol. The van der Waals surface area contributed by atoms with Gasteiger partial charge in [-0.05, 0) is 30.2 Å². The molecule has 1 N–H and O–H groups in total. The summed E-state index contributed by atoms with van der Waals surface area (Å²) >= 11 is 5.95. The van der Waals surface area contributed by atoms with E-state index >= 15 is 0 Å². The van der Waals surface area contributed by atoms with Crippen LogP contribution < -0.4 is 5.32 Å². The molecule has 0 aromatic heterocycles. The summed E-state index contributed by atoms with van der Waals surface area (Å²) in [5.74, 6) is -2.50. The quantitative estimate of drug-likeness (QED) is 0.597. The Morgan fingerprint density at radius 1 is 1.00 bits per heavy atom. The van der Waals surface area contributed by atoms with E-state index in [0.29, 0.717) is 15.5 Å². The lowest BCUT2D eigenvalue weighted by Crippen LogP contribution is -2.42. The second kappa shape index (κ2) is 8.22. The molecule has 0 unspecified atom stereocenters. The van der Waals surface area contributed by atoms with Crippen molar-refractivity contribution < 1.29 is 19.2 Å². The Balaban J connectivity index is 1.64. The second-order valence-electron chi connectivity index (χ2n) is 6.39. The van der Waals surface area contributed by atoms with Crippen molar-refractivity contribution in [3.05, 3.63) is 70.7 Å². The fourth-order valence-electron chi connectivity index (χ4n) is 2.89. The van der Waals surface area contributed by atoms with Crippen LogP contribution in [0.4, 0.5) is 4.79 Å². The van der Waals surface area contributed by atoms with Crippen LogP contribution in [-0.2, 0) is 20.9 Å². The molecule has 0 radical (unpaired) electrons. The third-order valence-electron chi connectivity index (χ3n) is 4.35. The largest absolute Gasteiger partial charge is 0.348 e. The molecule has 5 amide bonds. The van der Waals surface area contributed by atoms with Crippen LogP contribution in [-0.4, -0.2) is 40.1 Å². The standard InChI is InChI=1S/C20H18ClN3O4/c1-13(15-8-5-9-16(21)10-15)22-17(25)12-24-19(27)18(26)23(20(24)28)11-14-6-3-2-4-7-14/h2-10,13H,11-12H2,1H3,(H,22,25)/t13-/m1/s1. The molecule has 0 saturated carbocycles. The summed E-state index contributed by atoms with van der Waals surface area (Å²) in [5, 5.41) is 3.23. The Labute approximate surface area is 166 Å². The summed E-state index contributed by atoms with van der Waals surface area (Å²) in [5.41, 5.74) is 1.49. The molecule has 1 atom stereocenters. The van der Waals surface area contributed by atoms with Gasteiger partial charge >= 0.3 is 17.8 Å². The van der Waals surface area contributed by atoms with Crippen LogP contribution in [0.15, 0.2) is 54.6 Å². The first-order valence-corrected chi connectivity index (χ1v) is 9.00. The Morgan fingerprint density at radius 2 is 1.68 bits per heavy atom. The van der Waals surface area contributed by atoms with Crippen LogP contribution in [0.3, 0.4) is 0 Å². The fourth-order valence-corrected chi connectivity index (χ4v) is 3.08. The Kier molecular flexibility index (Phi) is 5.75. The minimum atomic E-state index is -1.01. The van der Waals surface area contributed by atoms with Gasteiger partial charge in [0.1, 0.15) is 6.54 Å². The Bertz CT molecular complexity index is 932. The second-order valence-corrected chi connectivity index (χ2v) is 6.83. The Morgan fingerprint density at radius 3 is 2.36 bits per heavy atom. The highest BCUT2D eigenvalue weighted by Crippen LogP contribution is 2.18. The van der Waals surface area contributed by atoms with Crippen LogP contribution in [0.2, 0.25) is 5.02 Å². The number of carbonyl (C=O) groups excluding carboxylic acids is 4. The van der Waals surface area contributed by atoms with Crippen molar-refractivity contribution >= 4 is 35.4 Å². The summed E-state index contributed by atoms with van der Waals surface area (Å²) in [6, 6.07) is 14.6. The molecule has 0 bridgehead atoms. The number of amides is 5. The van der Waals surface area contributed by atoms with Gasteiger partial charge in [0, 0.05) is 5.02 Å². The van der Waals surface area contributed by atoms with Gasteiger partial charge in [-0.3, -0.25) is 19.3 Å². The lowest BCUT2D eigenvalue weighted by Gasteiger charge is -2.18. The molecule has 1 aliphatic rings. The number of nitrogens with zero attached hydrogens (tertiary/aromatic N) is 2. The molecule has 7 nitrogen and oxygen atoms in total. The van der Waals surface area contributed by atoms with Crippen molar-refractivity contribution in [1.82, 2.24) is 15.1 Å². The highest BCUT2D eigenvalue weighted by molar-refractivity contribution is 6.44. The molecule has 2 aromatic carbocycles. The van der Waals surface area contributed by atoms with E-state index < -0.39 is 30.3 Å². The summed E-state index contributed by atoms with van der Waals surface area (Å²) in [4.78, 5) is 50.6. The topological polar surface area (TPSA) is 86.8 Å². The molecule has 1 fully saturated rings. The van der Waals surface area contributed by atoms with Gasteiger partial charge in [-0.2, -0.15) is 0 Å². The zero-order chi connectivity index (χ0) is 20.3. The van der Waals surface area contributed by atoms with Gasteiger partial charge < -0.3 is 5.32 Å². The highest BCUT2D eigenvalue weighted by Gasteiger charge is 2.45. The van der Waals surface area contributed by atoms with Crippen molar-refractivity contribution in [3.8, 4) is 0 Å². The number of urea groups is 1. The van der Waals surface area contributed by atoms with Gasteiger partial charge in [-0.15, -0.1) is 0 Å². The van der Waals surface area contributed by atoms with E-state index in [-0.39, 0.29) is 12.6 Å². The maximum atomic E-state index is 12.5. The van der Waals surface area contributed by atoms with E-state index in [9.17, 15) is 19.2 Å². The van der Waals surface area contributed by atoms with Gasteiger partial charge in [-0.25, -0.2) is 9.69 Å². The van der Waals surface area contributed by atoms with Crippen LogP contribution in [0.1, 0.15) is 24.1 Å². The first kappa shape index (κ1) is 19.6. The number of hydrogen-bond acceptors (Lipinski definition) is 4. The molecular formula is C20H18ClN3O4. The van der Waals surface area contributed by atoms with E-state index in [1.165, 1.54) is 0 Å².